The average Bonchev–Trinajstić information content (AvgIpc) is 2.87. The van der Waals surface area contributed by atoms with Gasteiger partial charge in [-0.15, -0.1) is 5.10 Å². The van der Waals surface area contributed by atoms with Gasteiger partial charge in [-0.1, -0.05) is 29.4 Å². The number of carbonyl (C=O) groups is 1. The van der Waals surface area contributed by atoms with Gasteiger partial charge >= 0.3 is 0 Å². The number of hydrogen-bond acceptors (Lipinski definition) is 6. The minimum absolute atomic E-state index is 0.0809. The number of rotatable bonds is 7. The molecule has 2 aromatic rings. The normalized spacial score (nSPS) is 10.6. The van der Waals surface area contributed by atoms with Gasteiger partial charge in [-0.25, -0.2) is 4.68 Å². The van der Waals surface area contributed by atoms with Crippen molar-refractivity contribution >= 4 is 35.0 Å². The molecule has 0 fully saturated rings. The van der Waals surface area contributed by atoms with Crippen LogP contribution in [0.1, 0.15) is 6.42 Å². The molecule has 9 heteroatoms. The monoisotopic (exact) mass is 326 g/mol. The highest BCUT2D eigenvalue weighted by Crippen LogP contribution is 2.17. The average molecular weight is 327 g/mol. The van der Waals surface area contributed by atoms with Crippen LogP contribution in [0.3, 0.4) is 0 Å². The second kappa shape index (κ2) is 7.96. The fourth-order valence-corrected chi connectivity index (χ4v) is 2.62. The quantitative estimate of drug-likeness (QED) is 0.746. The maximum atomic E-state index is 11.8. The molecule has 0 aliphatic heterocycles. The number of thioether (sulfide) groups is 1. The third kappa shape index (κ3) is 5.00. The number of hydrogen-bond donors (Lipinski definition) is 2. The Morgan fingerprint density at radius 3 is 3.10 bits per heavy atom. The van der Waals surface area contributed by atoms with Gasteiger partial charge in [0.2, 0.25) is 11.1 Å². The van der Waals surface area contributed by atoms with E-state index in [9.17, 15) is 4.79 Å². The third-order valence-corrected chi connectivity index (χ3v) is 3.70. The van der Waals surface area contributed by atoms with Gasteiger partial charge in [-0.05, 0) is 28.6 Å². The standard InChI is InChI=1S/C12H15ClN6OS/c13-9-2-1-3-10(8-9)15-11(20)4-7-21-12-16-17-18-19(12)6-5-14/h1-3,8H,4-7,14H2,(H,15,20). The largest absolute Gasteiger partial charge is 0.329 e. The fourth-order valence-electron chi connectivity index (χ4n) is 1.59. The molecule has 3 N–H and O–H groups in total. The van der Waals surface area contributed by atoms with Crippen LogP contribution in [-0.2, 0) is 11.3 Å². The lowest BCUT2D eigenvalue weighted by Crippen LogP contribution is -2.14. The number of tetrazole rings is 1. The summed E-state index contributed by atoms with van der Waals surface area (Å²) in [5.41, 5.74) is 6.15. The van der Waals surface area contributed by atoms with Gasteiger partial charge in [-0.2, -0.15) is 0 Å². The summed E-state index contributed by atoms with van der Waals surface area (Å²) in [6.07, 6.45) is 0.354. The van der Waals surface area contributed by atoms with E-state index in [0.29, 0.717) is 41.1 Å². The Bertz CT molecular complexity index is 605. The van der Waals surface area contributed by atoms with Gasteiger partial charge in [0, 0.05) is 29.4 Å². The molecular formula is C12H15ClN6OS. The molecule has 0 bridgehead atoms. The first-order valence-electron chi connectivity index (χ1n) is 6.33. The molecule has 0 aliphatic rings. The Labute approximate surface area is 131 Å². The van der Waals surface area contributed by atoms with E-state index < -0.39 is 0 Å². The molecule has 0 spiro atoms. The van der Waals surface area contributed by atoms with E-state index in [0.717, 1.165) is 0 Å². The van der Waals surface area contributed by atoms with Crippen LogP contribution < -0.4 is 11.1 Å². The summed E-state index contributed by atoms with van der Waals surface area (Å²) in [5, 5.41) is 15.3. The molecule has 1 amide bonds. The second-order valence-corrected chi connectivity index (χ2v) is 5.63. The van der Waals surface area contributed by atoms with E-state index in [1.54, 1.807) is 28.9 Å². The van der Waals surface area contributed by atoms with Crippen LogP contribution in [0.25, 0.3) is 0 Å². The molecule has 0 saturated heterocycles. The van der Waals surface area contributed by atoms with Crippen LogP contribution in [-0.4, -0.2) is 38.4 Å². The number of anilines is 1. The van der Waals surface area contributed by atoms with Gasteiger partial charge < -0.3 is 11.1 Å². The van der Waals surface area contributed by atoms with Gasteiger partial charge in [0.1, 0.15) is 0 Å². The zero-order valence-electron chi connectivity index (χ0n) is 11.2. The predicted octanol–water partition coefficient (Wildman–Crippen LogP) is 1.41. The van der Waals surface area contributed by atoms with Crippen LogP contribution in [0.2, 0.25) is 5.02 Å². The summed E-state index contributed by atoms with van der Waals surface area (Å²) in [6, 6.07) is 7.03. The highest BCUT2D eigenvalue weighted by molar-refractivity contribution is 7.99. The van der Waals surface area contributed by atoms with Gasteiger partial charge in [0.15, 0.2) is 0 Å². The molecule has 0 saturated carbocycles. The topological polar surface area (TPSA) is 98.7 Å². The smallest absolute Gasteiger partial charge is 0.225 e. The highest BCUT2D eigenvalue weighted by Gasteiger charge is 2.08. The summed E-state index contributed by atoms with van der Waals surface area (Å²) in [6.45, 7) is 1.03. The number of nitrogens with two attached hydrogens (primary N) is 1. The first-order valence-corrected chi connectivity index (χ1v) is 7.70. The predicted molar refractivity (Wildman–Crippen MR) is 82.3 cm³/mol. The molecule has 112 valence electrons. The Morgan fingerprint density at radius 2 is 2.33 bits per heavy atom. The number of carbonyl (C=O) groups excluding carboxylic acids is 1. The molecule has 1 heterocycles. The number of nitrogens with zero attached hydrogens (tertiary/aromatic N) is 4. The molecule has 1 aromatic heterocycles. The summed E-state index contributed by atoms with van der Waals surface area (Å²) < 4.78 is 1.62. The Kier molecular flexibility index (Phi) is 5.97. The molecule has 0 radical (unpaired) electrons. The van der Waals surface area contributed by atoms with Crippen molar-refractivity contribution in [1.29, 1.82) is 0 Å². The zero-order chi connectivity index (χ0) is 15.1. The lowest BCUT2D eigenvalue weighted by molar-refractivity contribution is -0.115. The zero-order valence-corrected chi connectivity index (χ0v) is 12.8. The number of amides is 1. The summed E-state index contributed by atoms with van der Waals surface area (Å²) in [7, 11) is 0. The minimum atomic E-state index is -0.0809. The van der Waals surface area contributed by atoms with Crippen LogP contribution in [0.15, 0.2) is 29.4 Å². The van der Waals surface area contributed by atoms with Crippen LogP contribution in [0.5, 0.6) is 0 Å². The second-order valence-electron chi connectivity index (χ2n) is 4.13. The first kappa shape index (κ1) is 15.7. The number of halogens is 1. The Balaban J connectivity index is 1.78. The van der Waals surface area contributed by atoms with Crippen molar-refractivity contribution in [3.05, 3.63) is 29.3 Å². The number of benzene rings is 1. The van der Waals surface area contributed by atoms with E-state index in [1.807, 2.05) is 0 Å². The van der Waals surface area contributed by atoms with Crippen molar-refractivity contribution in [3.63, 3.8) is 0 Å². The van der Waals surface area contributed by atoms with E-state index >= 15 is 0 Å². The van der Waals surface area contributed by atoms with Crippen molar-refractivity contribution in [2.24, 2.45) is 5.73 Å². The number of nitrogens with one attached hydrogen (secondary N) is 1. The van der Waals surface area contributed by atoms with Crippen molar-refractivity contribution in [2.45, 2.75) is 18.1 Å². The van der Waals surface area contributed by atoms with Crippen LogP contribution >= 0.6 is 23.4 Å². The molecule has 7 nitrogen and oxygen atoms in total. The van der Waals surface area contributed by atoms with Crippen molar-refractivity contribution < 1.29 is 4.79 Å². The summed E-state index contributed by atoms with van der Waals surface area (Å²) in [5.74, 6) is 0.500. The molecule has 0 aliphatic carbocycles. The van der Waals surface area contributed by atoms with Crippen LogP contribution in [0.4, 0.5) is 5.69 Å². The number of aromatic nitrogens is 4. The maximum Gasteiger partial charge on any atom is 0.225 e. The van der Waals surface area contributed by atoms with E-state index in [-0.39, 0.29) is 5.91 Å². The Hall–Kier alpha value is -1.64. The van der Waals surface area contributed by atoms with Gasteiger partial charge in [-0.3, -0.25) is 4.79 Å². The lowest BCUT2D eigenvalue weighted by Gasteiger charge is -2.05. The van der Waals surface area contributed by atoms with Crippen molar-refractivity contribution in [2.75, 3.05) is 17.6 Å². The maximum absolute atomic E-state index is 11.8. The highest BCUT2D eigenvalue weighted by atomic mass is 35.5. The van der Waals surface area contributed by atoms with E-state index in [2.05, 4.69) is 20.8 Å². The van der Waals surface area contributed by atoms with Gasteiger partial charge in [0.05, 0.1) is 6.54 Å². The lowest BCUT2D eigenvalue weighted by atomic mass is 10.3. The van der Waals surface area contributed by atoms with Gasteiger partial charge in [0.25, 0.3) is 0 Å². The molecule has 1 aromatic carbocycles. The molecule has 0 atom stereocenters. The molecular weight excluding hydrogens is 312 g/mol. The van der Waals surface area contributed by atoms with E-state index in [4.69, 9.17) is 17.3 Å². The fraction of sp³-hybridized carbons (Fsp3) is 0.333. The molecule has 0 unspecified atom stereocenters. The first-order chi connectivity index (χ1) is 10.2. The SMILES string of the molecule is NCCn1nnnc1SCCC(=O)Nc1cccc(Cl)c1. The minimum Gasteiger partial charge on any atom is -0.329 e. The van der Waals surface area contributed by atoms with Crippen LogP contribution in [0, 0.1) is 0 Å². The Morgan fingerprint density at radius 1 is 1.48 bits per heavy atom. The summed E-state index contributed by atoms with van der Waals surface area (Å²) in [4.78, 5) is 11.8. The third-order valence-electron chi connectivity index (χ3n) is 2.51. The molecule has 2 rings (SSSR count). The van der Waals surface area contributed by atoms with Crippen molar-refractivity contribution in [3.8, 4) is 0 Å². The molecule has 21 heavy (non-hydrogen) atoms. The summed E-state index contributed by atoms with van der Waals surface area (Å²) >= 11 is 7.28. The van der Waals surface area contributed by atoms with E-state index in [1.165, 1.54) is 11.8 Å². The van der Waals surface area contributed by atoms with Crippen molar-refractivity contribution in [1.82, 2.24) is 20.2 Å².